The molecule has 0 aliphatic heterocycles. The monoisotopic (exact) mass is 162 g/mol. The van der Waals surface area contributed by atoms with Crippen molar-refractivity contribution in [3.63, 3.8) is 0 Å². The lowest BCUT2D eigenvalue weighted by molar-refractivity contribution is -0.127. The maximum Gasteiger partial charge on any atom is 0.232 e. The van der Waals surface area contributed by atoms with Crippen LogP contribution in [0.4, 0.5) is 0 Å². The van der Waals surface area contributed by atoms with Crippen molar-refractivity contribution in [1.29, 1.82) is 0 Å². The first-order chi connectivity index (χ1) is 4.72. The Balaban J connectivity index is 3.41. The van der Waals surface area contributed by atoms with Crippen LogP contribution in [0.15, 0.2) is 0 Å². The summed E-state index contributed by atoms with van der Waals surface area (Å²) in [7, 11) is 1.76. The molecule has 1 amide bonds. The van der Waals surface area contributed by atoms with Crippen molar-refractivity contribution in [2.24, 2.45) is 5.73 Å². The molecule has 3 nitrogen and oxygen atoms in total. The predicted octanol–water partition coefficient (Wildman–Crippen LogP) is -0.277. The second-order valence-corrected chi connectivity index (χ2v) is 2.43. The third kappa shape index (κ3) is 3.74. The Morgan fingerprint density at radius 2 is 2.30 bits per heavy atom. The van der Waals surface area contributed by atoms with Gasteiger partial charge in [-0.3, -0.25) is 4.79 Å². The third-order valence-electron chi connectivity index (χ3n) is 1.26. The molecular weight excluding hydrogens is 148 g/mol. The molecule has 4 heteroatoms. The minimum absolute atomic E-state index is 0.0526. The molecule has 0 saturated carbocycles. The van der Waals surface area contributed by atoms with Gasteiger partial charge in [0, 0.05) is 13.6 Å². The van der Waals surface area contributed by atoms with E-state index in [2.05, 4.69) is 12.6 Å². The largest absolute Gasteiger partial charge is 0.345 e. The first-order valence-corrected chi connectivity index (χ1v) is 3.90. The highest BCUT2D eigenvalue weighted by molar-refractivity contribution is 7.81. The molecule has 0 rings (SSSR count). The molecule has 0 saturated heterocycles. The van der Waals surface area contributed by atoms with Gasteiger partial charge in [-0.05, 0) is 13.0 Å². The van der Waals surface area contributed by atoms with E-state index in [4.69, 9.17) is 5.73 Å². The number of hydrogen-bond acceptors (Lipinski definition) is 3. The van der Waals surface area contributed by atoms with Crippen LogP contribution < -0.4 is 5.73 Å². The van der Waals surface area contributed by atoms with E-state index in [0.717, 1.165) is 13.0 Å². The second-order valence-electron chi connectivity index (χ2n) is 2.12. The van der Waals surface area contributed by atoms with Crippen molar-refractivity contribution in [3.8, 4) is 0 Å². The molecule has 0 spiro atoms. The van der Waals surface area contributed by atoms with Crippen LogP contribution in [-0.4, -0.2) is 36.7 Å². The lowest BCUT2D eigenvalue weighted by Crippen LogP contribution is -2.29. The summed E-state index contributed by atoms with van der Waals surface area (Å²) in [6, 6.07) is 0. The minimum Gasteiger partial charge on any atom is -0.345 e. The van der Waals surface area contributed by atoms with Gasteiger partial charge >= 0.3 is 0 Å². The Bertz CT molecular complexity index is 108. The third-order valence-corrected chi connectivity index (χ3v) is 1.53. The highest BCUT2D eigenvalue weighted by Crippen LogP contribution is 1.88. The highest BCUT2D eigenvalue weighted by atomic mass is 32.1. The fourth-order valence-electron chi connectivity index (χ4n) is 0.574. The summed E-state index contributed by atoms with van der Waals surface area (Å²) >= 11 is 3.85. The predicted molar refractivity (Wildman–Crippen MR) is 45.2 cm³/mol. The van der Waals surface area contributed by atoms with E-state index < -0.39 is 0 Å². The summed E-state index contributed by atoms with van der Waals surface area (Å²) in [6.45, 7) is 1.36. The normalized spacial score (nSPS) is 9.50. The molecule has 10 heavy (non-hydrogen) atoms. The Hall–Kier alpha value is -0.220. The fourth-order valence-corrected chi connectivity index (χ4v) is 0.815. The number of carbonyl (C=O) groups excluding carboxylic acids is 1. The number of rotatable bonds is 4. The van der Waals surface area contributed by atoms with E-state index in [1.54, 1.807) is 11.9 Å². The molecule has 0 aromatic carbocycles. The standard InChI is InChI=1S/C6H14N2OS/c1-8(4-2-3-7)6(9)5-10/h10H,2-5,7H2,1H3. The van der Waals surface area contributed by atoms with Crippen molar-refractivity contribution in [2.45, 2.75) is 6.42 Å². The average molecular weight is 162 g/mol. The number of nitrogens with zero attached hydrogens (tertiary/aromatic N) is 1. The van der Waals surface area contributed by atoms with Crippen molar-refractivity contribution in [2.75, 3.05) is 25.9 Å². The van der Waals surface area contributed by atoms with Crippen molar-refractivity contribution in [3.05, 3.63) is 0 Å². The van der Waals surface area contributed by atoms with Crippen molar-refractivity contribution >= 4 is 18.5 Å². The van der Waals surface area contributed by atoms with E-state index in [1.807, 2.05) is 0 Å². The molecule has 2 N–H and O–H groups in total. The molecule has 0 radical (unpaired) electrons. The molecule has 0 aromatic heterocycles. The highest BCUT2D eigenvalue weighted by Gasteiger charge is 2.03. The van der Waals surface area contributed by atoms with Crippen LogP contribution in [-0.2, 0) is 4.79 Å². The van der Waals surface area contributed by atoms with Crippen LogP contribution in [0.3, 0.4) is 0 Å². The Morgan fingerprint density at radius 3 is 2.70 bits per heavy atom. The summed E-state index contributed by atoms with van der Waals surface area (Å²) < 4.78 is 0. The van der Waals surface area contributed by atoms with E-state index in [1.165, 1.54) is 0 Å². The van der Waals surface area contributed by atoms with E-state index in [0.29, 0.717) is 6.54 Å². The quantitative estimate of drug-likeness (QED) is 0.559. The summed E-state index contributed by atoms with van der Waals surface area (Å²) in [6.07, 6.45) is 0.857. The van der Waals surface area contributed by atoms with Gasteiger partial charge in [-0.15, -0.1) is 0 Å². The molecule has 0 heterocycles. The van der Waals surface area contributed by atoms with Crippen LogP contribution in [0.2, 0.25) is 0 Å². The van der Waals surface area contributed by atoms with Gasteiger partial charge in [-0.2, -0.15) is 12.6 Å². The zero-order valence-electron chi connectivity index (χ0n) is 6.21. The molecule has 0 atom stereocenters. The Labute approximate surface area is 67.0 Å². The Kier molecular flexibility index (Phi) is 5.43. The van der Waals surface area contributed by atoms with Gasteiger partial charge in [0.2, 0.25) is 5.91 Å². The number of carbonyl (C=O) groups is 1. The zero-order chi connectivity index (χ0) is 7.98. The van der Waals surface area contributed by atoms with Crippen LogP contribution in [0.25, 0.3) is 0 Å². The van der Waals surface area contributed by atoms with Gasteiger partial charge < -0.3 is 10.6 Å². The first-order valence-electron chi connectivity index (χ1n) is 3.27. The van der Waals surface area contributed by atoms with Crippen LogP contribution >= 0.6 is 12.6 Å². The zero-order valence-corrected chi connectivity index (χ0v) is 7.10. The summed E-state index contributed by atoms with van der Waals surface area (Å²) in [4.78, 5) is 12.5. The summed E-state index contributed by atoms with van der Waals surface area (Å²) in [5.41, 5.74) is 5.26. The maximum absolute atomic E-state index is 10.8. The molecule has 0 aromatic rings. The lowest BCUT2D eigenvalue weighted by Gasteiger charge is -2.14. The molecule has 0 aliphatic carbocycles. The fraction of sp³-hybridized carbons (Fsp3) is 0.833. The van der Waals surface area contributed by atoms with Gasteiger partial charge in [-0.25, -0.2) is 0 Å². The number of amides is 1. The van der Waals surface area contributed by atoms with Crippen LogP contribution in [0.1, 0.15) is 6.42 Å². The second kappa shape index (κ2) is 5.56. The minimum atomic E-state index is 0.0526. The summed E-state index contributed by atoms with van der Waals surface area (Å²) in [5, 5.41) is 0. The first kappa shape index (κ1) is 9.78. The van der Waals surface area contributed by atoms with Gasteiger partial charge in [0.25, 0.3) is 0 Å². The van der Waals surface area contributed by atoms with Crippen molar-refractivity contribution < 1.29 is 4.79 Å². The molecular formula is C6H14N2OS. The molecule has 60 valence electrons. The number of hydrogen-bond donors (Lipinski definition) is 2. The van der Waals surface area contributed by atoms with Crippen molar-refractivity contribution in [1.82, 2.24) is 4.90 Å². The average Bonchev–Trinajstić information content (AvgIpc) is 1.98. The van der Waals surface area contributed by atoms with E-state index in [9.17, 15) is 4.79 Å². The van der Waals surface area contributed by atoms with E-state index >= 15 is 0 Å². The molecule has 0 bridgehead atoms. The van der Waals surface area contributed by atoms with E-state index in [-0.39, 0.29) is 11.7 Å². The molecule has 0 fully saturated rings. The van der Waals surface area contributed by atoms with Crippen LogP contribution in [0, 0.1) is 0 Å². The summed E-state index contributed by atoms with van der Waals surface area (Å²) in [5.74, 6) is 0.331. The Morgan fingerprint density at radius 1 is 1.70 bits per heavy atom. The SMILES string of the molecule is CN(CCCN)C(=O)CS. The topological polar surface area (TPSA) is 46.3 Å². The molecule has 0 unspecified atom stereocenters. The number of nitrogens with two attached hydrogens (primary N) is 1. The lowest BCUT2D eigenvalue weighted by atomic mass is 10.4. The maximum atomic E-state index is 10.8. The van der Waals surface area contributed by atoms with Crippen LogP contribution in [0.5, 0.6) is 0 Å². The van der Waals surface area contributed by atoms with Gasteiger partial charge in [0.1, 0.15) is 0 Å². The smallest absolute Gasteiger partial charge is 0.232 e. The molecule has 0 aliphatic rings. The van der Waals surface area contributed by atoms with Gasteiger partial charge in [0.15, 0.2) is 0 Å². The van der Waals surface area contributed by atoms with Gasteiger partial charge in [-0.1, -0.05) is 0 Å². The van der Waals surface area contributed by atoms with Gasteiger partial charge in [0.05, 0.1) is 5.75 Å². The number of thiol groups is 1.